The third-order valence-corrected chi connectivity index (χ3v) is 6.47. The highest BCUT2D eigenvalue weighted by molar-refractivity contribution is 14.1. The molecule has 0 atom stereocenters. The van der Waals surface area contributed by atoms with Crippen LogP contribution >= 0.6 is 22.6 Å². The fourth-order valence-corrected chi connectivity index (χ4v) is 5.55. The van der Waals surface area contributed by atoms with Gasteiger partial charge in [-0.25, -0.2) is 0 Å². The van der Waals surface area contributed by atoms with Crippen molar-refractivity contribution >= 4 is 31.4 Å². The molecule has 4 nitrogen and oxygen atoms in total. The van der Waals surface area contributed by atoms with Gasteiger partial charge in [0.25, 0.3) is 0 Å². The van der Waals surface area contributed by atoms with E-state index in [1.54, 1.807) is 0 Å². The molecule has 15 heavy (non-hydrogen) atoms. The average Bonchev–Trinajstić information content (AvgIpc) is 2.14. The van der Waals surface area contributed by atoms with Crippen LogP contribution in [0.5, 0.6) is 0 Å². The molecule has 0 saturated carbocycles. The topological polar surface area (TPSA) is 30.9 Å². The second-order valence-electron chi connectivity index (χ2n) is 3.86. The first-order valence-corrected chi connectivity index (χ1v) is 9.01. The van der Waals surface area contributed by atoms with Crippen LogP contribution in [0.2, 0.25) is 6.04 Å². The molecule has 0 N–H and O–H groups in total. The third kappa shape index (κ3) is 3.37. The van der Waals surface area contributed by atoms with Gasteiger partial charge in [-0.1, -0.05) is 22.6 Å². The van der Waals surface area contributed by atoms with Crippen LogP contribution < -0.4 is 0 Å². The lowest BCUT2D eigenvalue weighted by atomic mass is 10.4. The maximum Gasteiger partial charge on any atom is 0.501 e. The third-order valence-electron chi connectivity index (χ3n) is 2.81. The Morgan fingerprint density at radius 2 is 1.53 bits per heavy atom. The normalized spacial score (nSPS) is 37.0. The van der Waals surface area contributed by atoms with Crippen molar-refractivity contribution in [1.29, 1.82) is 0 Å². The maximum atomic E-state index is 5.89. The zero-order chi connectivity index (χ0) is 10.6. The first-order valence-electron chi connectivity index (χ1n) is 5.55. The number of hydrogen-bond donors (Lipinski definition) is 0. The first kappa shape index (κ1) is 12.2. The quantitative estimate of drug-likeness (QED) is 0.437. The summed E-state index contributed by atoms with van der Waals surface area (Å²) in [5.74, 6) is 0. The van der Waals surface area contributed by atoms with Crippen LogP contribution in [0.15, 0.2) is 0 Å². The number of hydrogen-bond acceptors (Lipinski definition) is 4. The molecule has 3 fully saturated rings. The molecule has 3 rings (SSSR count). The Morgan fingerprint density at radius 3 is 2.00 bits per heavy atom. The van der Waals surface area contributed by atoms with Gasteiger partial charge in [-0.2, -0.15) is 0 Å². The highest BCUT2D eigenvalue weighted by Crippen LogP contribution is 2.22. The van der Waals surface area contributed by atoms with Crippen molar-refractivity contribution in [3.63, 3.8) is 0 Å². The van der Waals surface area contributed by atoms with E-state index in [-0.39, 0.29) is 0 Å². The van der Waals surface area contributed by atoms with Gasteiger partial charge in [-0.3, -0.25) is 4.90 Å². The Balaban J connectivity index is 1.98. The lowest BCUT2D eigenvalue weighted by Gasteiger charge is -2.38. The summed E-state index contributed by atoms with van der Waals surface area (Å²) in [7, 11) is -2.28. The summed E-state index contributed by atoms with van der Waals surface area (Å²) in [5.41, 5.74) is 0. The van der Waals surface area contributed by atoms with Gasteiger partial charge in [-0.15, -0.1) is 0 Å². The highest BCUT2D eigenvalue weighted by Gasteiger charge is 2.43. The van der Waals surface area contributed by atoms with E-state index in [9.17, 15) is 0 Å². The highest BCUT2D eigenvalue weighted by atomic mass is 127. The van der Waals surface area contributed by atoms with Gasteiger partial charge in [0.2, 0.25) is 0 Å². The van der Waals surface area contributed by atoms with Crippen molar-refractivity contribution in [3.05, 3.63) is 0 Å². The molecular weight excluding hydrogens is 325 g/mol. The lowest BCUT2D eigenvalue weighted by Crippen LogP contribution is -2.55. The average molecular weight is 343 g/mol. The van der Waals surface area contributed by atoms with E-state index in [1.807, 2.05) is 0 Å². The molecule has 0 amide bonds. The second-order valence-corrected chi connectivity index (χ2v) is 7.67. The Labute approximate surface area is 106 Å². The predicted octanol–water partition coefficient (Wildman–Crippen LogP) is 1.13. The van der Waals surface area contributed by atoms with Crippen molar-refractivity contribution in [2.45, 2.75) is 12.5 Å². The molecule has 0 aromatic rings. The summed E-state index contributed by atoms with van der Waals surface area (Å²) in [6.07, 6.45) is 1.14. The number of rotatable bonds is 3. The van der Waals surface area contributed by atoms with E-state index in [0.717, 1.165) is 56.3 Å². The van der Waals surface area contributed by atoms with Gasteiger partial charge < -0.3 is 13.3 Å². The summed E-state index contributed by atoms with van der Waals surface area (Å²) in [6, 6.07) is 0.982. The number of fused-ring (bicyclic) bond motifs is 6. The molecule has 3 aliphatic rings. The van der Waals surface area contributed by atoms with Crippen LogP contribution in [0.25, 0.3) is 0 Å². The molecule has 0 spiro atoms. The number of halogens is 1. The Bertz CT molecular complexity index is 175. The number of nitrogens with zero attached hydrogens (tertiary/aromatic N) is 1. The molecule has 2 bridgehead atoms. The molecule has 0 radical (unpaired) electrons. The second kappa shape index (κ2) is 5.92. The minimum absolute atomic E-state index is 0.771. The molecule has 0 aromatic carbocycles. The monoisotopic (exact) mass is 343 g/mol. The molecular formula is C9H18INO3Si. The first-order chi connectivity index (χ1) is 7.35. The summed E-state index contributed by atoms with van der Waals surface area (Å²) >= 11 is 2.39. The van der Waals surface area contributed by atoms with Gasteiger partial charge in [0.05, 0.1) is 19.8 Å². The van der Waals surface area contributed by atoms with E-state index in [2.05, 4.69) is 27.5 Å². The summed E-state index contributed by atoms with van der Waals surface area (Å²) in [6.45, 7) is 5.41. The van der Waals surface area contributed by atoms with Gasteiger partial charge in [0, 0.05) is 25.7 Å². The van der Waals surface area contributed by atoms with Crippen LogP contribution in [-0.2, 0) is 13.3 Å². The van der Waals surface area contributed by atoms with Crippen molar-refractivity contribution in [2.75, 3.05) is 43.9 Å². The van der Waals surface area contributed by atoms with Crippen LogP contribution in [0.1, 0.15) is 6.42 Å². The fourth-order valence-electron chi connectivity index (χ4n) is 1.95. The largest absolute Gasteiger partial charge is 0.501 e. The van der Waals surface area contributed by atoms with Gasteiger partial charge in [0.15, 0.2) is 0 Å². The van der Waals surface area contributed by atoms with E-state index in [0.29, 0.717) is 0 Å². The fraction of sp³-hybridized carbons (Fsp3) is 1.00. The Kier molecular flexibility index (Phi) is 4.84. The van der Waals surface area contributed by atoms with Crippen molar-refractivity contribution in [1.82, 2.24) is 4.90 Å². The van der Waals surface area contributed by atoms with Crippen LogP contribution in [0.3, 0.4) is 0 Å². The molecule has 6 heteroatoms. The lowest BCUT2D eigenvalue weighted by molar-refractivity contribution is -0.00825. The molecule has 88 valence electrons. The minimum Gasteiger partial charge on any atom is -0.372 e. The predicted molar refractivity (Wildman–Crippen MR) is 68.4 cm³/mol. The molecule has 3 aliphatic heterocycles. The van der Waals surface area contributed by atoms with Crippen molar-refractivity contribution in [3.8, 4) is 0 Å². The van der Waals surface area contributed by atoms with Crippen LogP contribution in [-0.4, -0.2) is 57.6 Å². The molecule has 3 saturated heterocycles. The smallest absolute Gasteiger partial charge is 0.372 e. The zero-order valence-corrected chi connectivity index (χ0v) is 12.1. The van der Waals surface area contributed by atoms with Crippen LogP contribution in [0.4, 0.5) is 0 Å². The van der Waals surface area contributed by atoms with Gasteiger partial charge >= 0.3 is 8.80 Å². The molecule has 0 unspecified atom stereocenters. The Morgan fingerprint density at radius 1 is 1.00 bits per heavy atom. The zero-order valence-electron chi connectivity index (χ0n) is 8.91. The molecule has 0 aromatic heterocycles. The maximum absolute atomic E-state index is 5.89. The van der Waals surface area contributed by atoms with Crippen molar-refractivity contribution < 1.29 is 13.3 Å². The van der Waals surface area contributed by atoms with Gasteiger partial charge in [-0.05, 0) is 10.8 Å². The van der Waals surface area contributed by atoms with E-state index < -0.39 is 8.80 Å². The standard InChI is InChI=1S/C9H18INO3Si/c10-2-1-9-15-12-6-3-11(4-7-13-15)5-8-14-15/h1-9H2. The van der Waals surface area contributed by atoms with Crippen LogP contribution in [0, 0.1) is 0 Å². The molecule has 0 aliphatic carbocycles. The molecule has 3 heterocycles. The van der Waals surface area contributed by atoms with E-state index >= 15 is 0 Å². The van der Waals surface area contributed by atoms with E-state index in [1.165, 1.54) is 0 Å². The SMILES string of the molecule is ICCC[Si]12OCCN(CCO1)CCO2. The minimum atomic E-state index is -2.28. The van der Waals surface area contributed by atoms with E-state index in [4.69, 9.17) is 13.3 Å². The summed E-state index contributed by atoms with van der Waals surface area (Å²) in [4.78, 5) is 2.34. The van der Waals surface area contributed by atoms with Gasteiger partial charge in [0.1, 0.15) is 0 Å². The summed E-state index contributed by atoms with van der Waals surface area (Å²) < 4.78 is 18.8. The number of alkyl halides is 1. The Hall–Kier alpha value is 0.787. The van der Waals surface area contributed by atoms with Crippen molar-refractivity contribution in [2.24, 2.45) is 0 Å². The summed E-state index contributed by atoms with van der Waals surface area (Å²) in [5, 5.41) is 0.